The smallest absolute Gasteiger partial charge is 0.264 e. The molecule has 0 aliphatic carbocycles. The van der Waals surface area contributed by atoms with Gasteiger partial charge in [0.25, 0.3) is 10.0 Å². The van der Waals surface area contributed by atoms with Crippen LogP contribution in [-0.4, -0.2) is 26.9 Å². The van der Waals surface area contributed by atoms with Crippen LogP contribution in [0.5, 0.6) is 0 Å². The third kappa shape index (κ3) is 4.02. The minimum absolute atomic E-state index is 0.0251. The second kappa shape index (κ2) is 8.43. The van der Waals surface area contributed by atoms with Gasteiger partial charge in [0.15, 0.2) is 0 Å². The Balaban J connectivity index is 1.76. The fraction of sp³-hybridized carbons (Fsp3) is 0.269. The van der Waals surface area contributed by atoms with Gasteiger partial charge < -0.3 is 4.90 Å². The lowest BCUT2D eigenvalue weighted by atomic mass is 10.1. The van der Waals surface area contributed by atoms with Gasteiger partial charge in [-0.2, -0.15) is 0 Å². The first-order valence-corrected chi connectivity index (χ1v) is 12.2. The van der Waals surface area contributed by atoms with E-state index < -0.39 is 10.0 Å². The summed E-state index contributed by atoms with van der Waals surface area (Å²) in [5.74, 6) is -0.238. The molecule has 0 bridgehead atoms. The van der Waals surface area contributed by atoms with Gasteiger partial charge in [0.1, 0.15) is 6.54 Å². The monoisotopic (exact) mass is 448 g/mol. The first kappa shape index (κ1) is 22.1. The van der Waals surface area contributed by atoms with Gasteiger partial charge in [-0.1, -0.05) is 53.6 Å². The summed E-state index contributed by atoms with van der Waals surface area (Å²) in [5.41, 5.74) is 5.30. The van der Waals surface area contributed by atoms with E-state index in [-0.39, 0.29) is 23.4 Å². The molecule has 0 radical (unpaired) electrons. The molecule has 0 unspecified atom stereocenters. The number of benzene rings is 3. The van der Waals surface area contributed by atoms with Crippen molar-refractivity contribution < 1.29 is 13.2 Å². The number of carbonyl (C=O) groups excluding carboxylic acids is 1. The van der Waals surface area contributed by atoms with Gasteiger partial charge in [-0.15, -0.1) is 0 Å². The van der Waals surface area contributed by atoms with Gasteiger partial charge in [0, 0.05) is 11.7 Å². The summed E-state index contributed by atoms with van der Waals surface area (Å²) in [6.07, 6.45) is 0.760. The van der Waals surface area contributed by atoms with Gasteiger partial charge in [-0.25, -0.2) is 8.42 Å². The normalized spacial score (nSPS) is 15.5. The van der Waals surface area contributed by atoms with Crippen molar-refractivity contribution in [1.82, 2.24) is 0 Å². The second-order valence-corrected chi connectivity index (χ2v) is 10.4. The minimum Gasteiger partial charge on any atom is -0.307 e. The summed E-state index contributed by atoms with van der Waals surface area (Å²) in [4.78, 5) is 15.4. The Morgan fingerprint density at radius 2 is 1.62 bits per heavy atom. The van der Waals surface area contributed by atoms with E-state index in [0.717, 1.165) is 34.4 Å². The predicted octanol–water partition coefficient (Wildman–Crippen LogP) is 4.78. The first-order valence-electron chi connectivity index (χ1n) is 10.7. The van der Waals surface area contributed by atoms with Gasteiger partial charge in [-0.05, 0) is 69.5 Å². The van der Waals surface area contributed by atoms with Gasteiger partial charge >= 0.3 is 0 Å². The Morgan fingerprint density at radius 1 is 0.969 bits per heavy atom. The van der Waals surface area contributed by atoms with Crippen molar-refractivity contribution in [3.8, 4) is 0 Å². The lowest BCUT2D eigenvalue weighted by Crippen LogP contribution is -2.45. The van der Waals surface area contributed by atoms with E-state index in [1.807, 2.05) is 64.1 Å². The van der Waals surface area contributed by atoms with Gasteiger partial charge in [0.2, 0.25) is 5.91 Å². The Hall–Kier alpha value is -3.12. The molecule has 0 saturated heterocycles. The minimum atomic E-state index is -3.94. The average Bonchev–Trinajstić information content (AvgIpc) is 3.08. The maximum Gasteiger partial charge on any atom is 0.264 e. The topological polar surface area (TPSA) is 57.7 Å². The van der Waals surface area contributed by atoms with Crippen LogP contribution in [0.25, 0.3) is 0 Å². The van der Waals surface area contributed by atoms with E-state index in [4.69, 9.17) is 0 Å². The Labute approximate surface area is 190 Å². The lowest BCUT2D eigenvalue weighted by molar-refractivity contribution is -0.117. The van der Waals surface area contributed by atoms with E-state index in [1.54, 1.807) is 35.2 Å². The van der Waals surface area contributed by atoms with Crippen LogP contribution in [0.3, 0.4) is 0 Å². The Kier molecular flexibility index (Phi) is 5.82. The molecule has 0 aromatic heterocycles. The van der Waals surface area contributed by atoms with Crippen LogP contribution in [-0.2, 0) is 21.2 Å². The second-order valence-electron chi connectivity index (χ2n) is 8.56. The third-order valence-corrected chi connectivity index (χ3v) is 7.76. The maximum absolute atomic E-state index is 13.7. The molecule has 166 valence electrons. The van der Waals surface area contributed by atoms with Crippen LogP contribution in [0.4, 0.5) is 11.4 Å². The number of rotatable bonds is 5. The first-order chi connectivity index (χ1) is 15.2. The van der Waals surface area contributed by atoms with E-state index in [2.05, 4.69) is 0 Å². The molecule has 0 N–H and O–H groups in total. The van der Waals surface area contributed by atoms with Crippen LogP contribution in [0.1, 0.15) is 29.2 Å². The molecular formula is C26H28N2O3S. The van der Waals surface area contributed by atoms with Gasteiger partial charge in [0.05, 0.1) is 10.6 Å². The zero-order chi connectivity index (χ0) is 23.0. The van der Waals surface area contributed by atoms with E-state index >= 15 is 0 Å². The summed E-state index contributed by atoms with van der Waals surface area (Å²) in [6.45, 7) is 7.47. The average molecular weight is 449 g/mol. The molecule has 1 atom stereocenters. The molecule has 0 saturated carbocycles. The van der Waals surface area contributed by atoms with E-state index in [1.165, 1.54) is 4.31 Å². The third-order valence-electron chi connectivity index (χ3n) is 5.98. The fourth-order valence-corrected chi connectivity index (χ4v) is 5.85. The lowest BCUT2D eigenvalue weighted by Gasteiger charge is -2.30. The van der Waals surface area contributed by atoms with Crippen LogP contribution >= 0.6 is 0 Å². The summed E-state index contributed by atoms with van der Waals surface area (Å²) in [7, 11) is -3.94. The standard InChI is InChI=1S/C26H28N2O3S/c1-18-9-12-23(13-10-18)32(30,31)27(24-14-11-19(2)15-20(24)3)17-26(29)28-21(4)16-22-7-5-6-8-25(22)28/h5-15,21H,16-17H2,1-4H3/t21-/m1/s1. The van der Waals surface area contributed by atoms with Crippen molar-refractivity contribution >= 4 is 27.3 Å². The highest BCUT2D eigenvalue weighted by atomic mass is 32.2. The number of carbonyl (C=O) groups is 1. The van der Waals surface area contributed by atoms with Crippen molar-refractivity contribution in [2.45, 2.75) is 45.1 Å². The number of hydrogen-bond acceptors (Lipinski definition) is 3. The van der Waals surface area contributed by atoms with Crippen molar-refractivity contribution in [3.63, 3.8) is 0 Å². The number of sulfonamides is 1. The molecule has 1 heterocycles. The molecule has 6 heteroatoms. The molecule has 3 aromatic rings. The number of anilines is 2. The number of nitrogens with zero attached hydrogens (tertiary/aromatic N) is 2. The molecule has 0 spiro atoms. The highest BCUT2D eigenvalue weighted by Crippen LogP contribution is 2.33. The van der Waals surface area contributed by atoms with Crippen molar-refractivity contribution in [1.29, 1.82) is 0 Å². The number of hydrogen-bond donors (Lipinski definition) is 0. The highest BCUT2D eigenvalue weighted by molar-refractivity contribution is 7.92. The zero-order valence-electron chi connectivity index (χ0n) is 18.9. The molecule has 5 nitrogen and oxygen atoms in total. The molecule has 1 amide bonds. The molecule has 4 rings (SSSR count). The highest BCUT2D eigenvalue weighted by Gasteiger charge is 2.35. The molecule has 1 aliphatic rings. The summed E-state index contributed by atoms with van der Waals surface area (Å²) in [6, 6.07) is 20.1. The molecule has 0 fully saturated rings. The molecule has 32 heavy (non-hydrogen) atoms. The fourth-order valence-electron chi connectivity index (χ4n) is 4.37. The van der Waals surface area contributed by atoms with Gasteiger partial charge in [-0.3, -0.25) is 9.10 Å². The molecule has 3 aromatic carbocycles. The van der Waals surface area contributed by atoms with Crippen molar-refractivity contribution in [3.05, 3.63) is 89.0 Å². The zero-order valence-corrected chi connectivity index (χ0v) is 19.7. The summed E-state index contributed by atoms with van der Waals surface area (Å²) >= 11 is 0. The number of amides is 1. The predicted molar refractivity (Wildman–Crippen MR) is 129 cm³/mol. The van der Waals surface area contributed by atoms with E-state index in [0.29, 0.717) is 5.69 Å². The number of aryl methyl sites for hydroxylation is 3. The largest absolute Gasteiger partial charge is 0.307 e. The van der Waals surface area contributed by atoms with E-state index in [9.17, 15) is 13.2 Å². The maximum atomic E-state index is 13.7. The Bertz CT molecular complexity index is 1270. The van der Waals surface area contributed by atoms with Crippen LogP contribution < -0.4 is 9.21 Å². The molecular weight excluding hydrogens is 420 g/mol. The SMILES string of the molecule is Cc1ccc(S(=O)(=O)N(CC(=O)N2c3ccccc3C[C@H]2C)c2ccc(C)cc2C)cc1. The summed E-state index contributed by atoms with van der Waals surface area (Å²) in [5, 5.41) is 0. The number of fused-ring (bicyclic) bond motifs is 1. The van der Waals surface area contributed by atoms with Crippen LogP contribution in [0.15, 0.2) is 71.6 Å². The number of para-hydroxylation sites is 1. The Morgan fingerprint density at radius 3 is 2.31 bits per heavy atom. The molecule has 1 aliphatic heterocycles. The summed E-state index contributed by atoms with van der Waals surface area (Å²) < 4.78 is 28.7. The van der Waals surface area contributed by atoms with Crippen LogP contribution in [0.2, 0.25) is 0 Å². The quantitative estimate of drug-likeness (QED) is 0.564. The van der Waals surface area contributed by atoms with Crippen molar-refractivity contribution in [2.24, 2.45) is 0 Å². The van der Waals surface area contributed by atoms with Crippen LogP contribution in [0, 0.1) is 20.8 Å². The van der Waals surface area contributed by atoms with Crippen molar-refractivity contribution in [2.75, 3.05) is 15.7 Å².